The van der Waals surface area contributed by atoms with E-state index >= 15 is 0 Å². The lowest BCUT2D eigenvalue weighted by Gasteiger charge is -2.18. The average Bonchev–Trinajstić information content (AvgIpc) is 2.84. The first kappa shape index (κ1) is 17.0. The van der Waals surface area contributed by atoms with Crippen LogP contribution in [0, 0.1) is 0 Å². The van der Waals surface area contributed by atoms with Crippen LogP contribution in [0.1, 0.15) is 19.6 Å². The zero-order chi connectivity index (χ0) is 16.0. The number of carbonyl (C=O) groups excluding carboxylic acids is 2. The molecule has 0 aromatic carbocycles. The summed E-state index contributed by atoms with van der Waals surface area (Å²) in [7, 11) is 5.85. The molecule has 0 aliphatic heterocycles. The lowest BCUT2D eigenvalue weighted by molar-refractivity contribution is -0.146. The van der Waals surface area contributed by atoms with Crippen molar-refractivity contribution < 1.29 is 23.5 Å². The molecule has 1 rings (SSSR count). The zero-order valence-corrected chi connectivity index (χ0v) is 13.1. The molecule has 6 heteroatoms. The van der Waals surface area contributed by atoms with E-state index in [1.807, 2.05) is 21.1 Å². The third kappa shape index (κ3) is 4.75. The smallest absolute Gasteiger partial charge is 0.345 e. The van der Waals surface area contributed by atoms with Gasteiger partial charge in [-0.2, -0.15) is 0 Å². The van der Waals surface area contributed by atoms with E-state index in [2.05, 4.69) is 0 Å². The zero-order valence-electron chi connectivity index (χ0n) is 13.1. The van der Waals surface area contributed by atoms with E-state index in [4.69, 9.17) is 13.9 Å². The molecule has 0 spiro atoms. The maximum atomic E-state index is 11.8. The molecule has 21 heavy (non-hydrogen) atoms. The molecule has 0 unspecified atom stereocenters. The van der Waals surface area contributed by atoms with Crippen molar-refractivity contribution in [2.75, 3.05) is 34.4 Å². The Morgan fingerprint density at radius 3 is 2.00 bits per heavy atom. The number of quaternary nitrogens is 1. The Balaban J connectivity index is 3.10. The Hall–Kier alpha value is -2.08. The Morgan fingerprint density at radius 1 is 1.10 bits per heavy atom. The number of carbonyl (C=O) groups is 2. The fourth-order valence-electron chi connectivity index (χ4n) is 1.54. The number of esters is 2. The first-order valence-corrected chi connectivity index (χ1v) is 6.77. The second kappa shape index (κ2) is 7.08. The predicted molar refractivity (Wildman–Crippen MR) is 79.5 cm³/mol. The fourth-order valence-corrected chi connectivity index (χ4v) is 1.54. The number of ether oxygens (including phenoxy) is 2. The van der Waals surface area contributed by atoms with Gasteiger partial charge in [-0.15, -0.1) is 0 Å². The summed E-state index contributed by atoms with van der Waals surface area (Å²) >= 11 is 0. The van der Waals surface area contributed by atoms with Crippen LogP contribution in [-0.4, -0.2) is 46.3 Å². The molecule has 1 aromatic rings. The molecule has 1 heterocycles. The Morgan fingerprint density at radius 2 is 1.62 bits per heavy atom. The van der Waals surface area contributed by atoms with Crippen LogP contribution in [0.5, 0.6) is 0 Å². The van der Waals surface area contributed by atoms with Crippen molar-refractivity contribution in [1.29, 1.82) is 0 Å². The highest BCUT2D eigenvalue weighted by Crippen LogP contribution is 2.22. The van der Waals surface area contributed by atoms with Crippen LogP contribution in [0.25, 0.3) is 6.08 Å². The molecule has 0 radical (unpaired) electrons. The number of hydrogen-bond acceptors (Lipinski definition) is 5. The van der Waals surface area contributed by atoms with Gasteiger partial charge in [-0.1, -0.05) is 0 Å². The minimum Gasteiger partial charge on any atom is -0.462 e. The largest absolute Gasteiger partial charge is 0.462 e. The molecule has 1 aromatic heterocycles. The van der Waals surface area contributed by atoms with Gasteiger partial charge in [0.25, 0.3) is 5.88 Å². The molecule has 0 atom stereocenters. The molecule has 0 aliphatic rings. The normalized spacial score (nSPS) is 10.9. The summed E-state index contributed by atoms with van der Waals surface area (Å²) in [6, 6.07) is 3.48. The van der Waals surface area contributed by atoms with Crippen LogP contribution in [0.15, 0.2) is 22.1 Å². The van der Waals surface area contributed by atoms with Gasteiger partial charge in [-0.3, -0.25) is 4.48 Å². The molecule has 0 amide bonds. The van der Waals surface area contributed by atoms with Crippen LogP contribution >= 0.6 is 0 Å². The SMILES string of the molecule is CCOC(=O)C(=Cc1ccc([N+](C)(C)C)o1)C(=O)OCC. The Bertz CT molecular complexity index is 517. The van der Waals surface area contributed by atoms with Crippen LogP contribution in [0.2, 0.25) is 0 Å². The van der Waals surface area contributed by atoms with Crippen molar-refractivity contribution in [2.45, 2.75) is 13.8 Å². The van der Waals surface area contributed by atoms with Crippen molar-refractivity contribution in [1.82, 2.24) is 4.48 Å². The summed E-state index contributed by atoms with van der Waals surface area (Å²) in [4.78, 5) is 23.7. The van der Waals surface area contributed by atoms with E-state index in [9.17, 15) is 9.59 Å². The molecule has 0 aliphatic carbocycles. The second-order valence-electron chi connectivity index (χ2n) is 5.19. The van der Waals surface area contributed by atoms with Gasteiger partial charge < -0.3 is 13.9 Å². The molecular weight excluding hydrogens is 274 g/mol. The Kier molecular flexibility index (Phi) is 5.72. The van der Waals surface area contributed by atoms with Crippen molar-refractivity contribution in [3.63, 3.8) is 0 Å². The van der Waals surface area contributed by atoms with E-state index in [1.165, 1.54) is 6.08 Å². The number of furan rings is 1. The average molecular weight is 296 g/mol. The topological polar surface area (TPSA) is 65.7 Å². The molecule has 0 N–H and O–H groups in total. The maximum Gasteiger partial charge on any atom is 0.345 e. The predicted octanol–water partition coefficient (Wildman–Crippen LogP) is 1.99. The summed E-state index contributed by atoms with van der Waals surface area (Å²) in [5.74, 6) is -0.347. The van der Waals surface area contributed by atoms with Gasteiger partial charge in [0.1, 0.15) is 11.3 Å². The number of hydrogen-bond donors (Lipinski definition) is 0. The summed E-state index contributed by atoms with van der Waals surface area (Å²) in [5, 5.41) is 0. The molecular formula is C15H22NO5+. The van der Waals surface area contributed by atoms with Gasteiger partial charge in [0.05, 0.1) is 34.4 Å². The third-order valence-electron chi connectivity index (χ3n) is 2.55. The van der Waals surface area contributed by atoms with Crippen LogP contribution in [-0.2, 0) is 19.1 Å². The third-order valence-corrected chi connectivity index (χ3v) is 2.55. The molecule has 0 bridgehead atoms. The van der Waals surface area contributed by atoms with Gasteiger partial charge in [0.2, 0.25) is 0 Å². The maximum absolute atomic E-state index is 11.8. The molecule has 0 saturated heterocycles. The fraction of sp³-hybridized carbons (Fsp3) is 0.467. The summed E-state index contributed by atoms with van der Waals surface area (Å²) in [6.07, 6.45) is 1.34. The van der Waals surface area contributed by atoms with Crippen molar-refractivity contribution in [3.05, 3.63) is 23.5 Å². The summed E-state index contributed by atoms with van der Waals surface area (Å²) < 4.78 is 15.8. The van der Waals surface area contributed by atoms with Crippen LogP contribution < -0.4 is 4.48 Å². The highest BCUT2D eigenvalue weighted by molar-refractivity contribution is 6.17. The number of nitrogens with zero attached hydrogens (tertiary/aromatic N) is 1. The highest BCUT2D eigenvalue weighted by atomic mass is 16.6. The standard InChI is InChI=1S/C15H22NO5/c1-6-19-14(17)12(15(18)20-7-2)10-11-8-9-13(21-11)16(3,4)5/h8-10H,6-7H2,1-5H3/q+1. The van der Waals surface area contributed by atoms with Gasteiger partial charge >= 0.3 is 11.9 Å². The summed E-state index contributed by atoms with van der Waals surface area (Å²) in [5.41, 5.74) is -0.180. The highest BCUT2D eigenvalue weighted by Gasteiger charge is 2.23. The number of rotatable bonds is 6. The van der Waals surface area contributed by atoms with Gasteiger partial charge in [0, 0.05) is 12.1 Å². The van der Waals surface area contributed by atoms with Gasteiger partial charge in [-0.25, -0.2) is 9.59 Å². The van der Waals surface area contributed by atoms with E-state index in [1.54, 1.807) is 26.0 Å². The monoisotopic (exact) mass is 296 g/mol. The lowest BCUT2D eigenvalue weighted by Crippen LogP contribution is -2.34. The van der Waals surface area contributed by atoms with E-state index in [-0.39, 0.29) is 18.8 Å². The first-order valence-electron chi connectivity index (χ1n) is 6.77. The Labute approximate surface area is 124 Å². The minimum atomic E-state index is -0.723. The van der Waals surface area contributed by atoms with E-state index in [0.29, 0.717) is 16.1 Å². The van der Waals surface area contributed by atoms with Crippen LogP contribution in [0.3, 0.4) is 0 Å². The molecule has 6 nitrogen and oxygen atoms in total. The van der Waals surface area contributed by atoms with Crippen molar-refractivity contribution >= 4 is 23.9 Å². The minimum absolute atomic E-state index is 0.178. The van der Waals surface area contributed by atoms with Crippen molar-refractivity contribution in [3.8, 4) is 0 Å². The van der Waals surface area contributed by atoms with Crippen LogP contribution in [0.4, 0.5) is 5.88 Å². The van der Waals surface area contributed by atoms with Gasteiger partial charge in [0.15, 0.2) is 0 Å². The molecule has 116 valence electrons. The quantitative estimate of drug-likeness (QED) is 0.264. The lowest BCUT2D eigenvalue weighted by atomic mass is 10.2. The molecule has 0 saturated carbocycles. The summed E-state index contributed by atoms with van der Waals surface area (Å²) in [6.45, 7) is 3.70. The van der Waals surface area contributed by atoms with E-state index < -0.39 is 11.9 Å². The molecule has 0 fully saturated rings. The second-order valence-corrected chi connectivity index (χ2v) is 5.19. The first-order chi connectivity index (χ1) is 9.79. The van der Waals surface area contributed by atoms with Crippen molar-refractivity contribution in [2.24, 2.45) is 0 Å². The van der Waals surface area contributed by atoms with Gasteiger partial charge in [-0.05, 0) is 19.9 Å². The van der Waals surface area contributed by atoms with E-state index in [0.717, 1.165) is 0 Å².